The number of nitrogens with zero attached hydrogens (tertiary/aromatic N) is 1. The number of ether oxygens (including phenoxy) is 2. The van der Waals surface area contributed by atoms with E-state index in [1.54, 1.807) is 45.0 Å². The van der Waals surface area contributed by atoms with Crippen LogP contribution in [0.25, 0.3) is 0 Å². The van der Waals surface area contributed by atoms with E-state index in [1.807, 2.05) is 6.07 Å². The molecule has 0 saturated carbocycles. The van der Waals surface area contributed by atoms with Crippen LogP contribution in [0.1, 0.15) is 52.0 Å². The van der Waals surface area contributed by atoms with Crippen LogP contribution in [0, 0.1) is 5.92 Å². The molecule has 1 aromatic rings. The zero-order chi connectivity index (χ0) is 22.3. The van der Waals surface area contributed by atoms with Crippen LogP contribution in [0.4, 0.5) is 0 Å². The zero-order valence-electron chi connectivity index (χ0n) is 17.3. The number of carbonyl (C=O) groups is 4. The molecule has 1 amide bonds. The summed E-state index contributed by atoms with van der Waals surface area (Å²) in [7, 11) is 0. The molecule has 1 fully saturated rings. The highest BCUT2D eigenvalue weighted by atomic mass is 16.7. The lowest BCUT2D eigenvalue weighted by atomic mass is 10.0. The van der Waals surface area contributed by atoms with Crippen LogP contribution >= 0.6 is 0 Å². The van der Waals surface area contributed by atoms with Gasteiger partial charge in [-0.3, -0.25) is 14.4 Å². The summed E-state index contributed by atoms with van der Waals surface area (Å²) >= 11 is 0. The topological polar surface area (TPSA) is 119 Å². The predicted octanol–water partition coefficient (Wildman–Crippen LogP) is 1.87. The smallest absolute Gasteiger partial charge is 0.333 e. The normalized spacial score (nSPS) is 17.4. The molecule has 0 aliphatic carbocycles. The van der Waals surface area contributed by atoms with Crippen LogP contribution in [0.2, 0.25) is 0 Å². The summed E-state index contributed by atoms with van der Waals surface area (Å²) in [6.45, 7) is 5.02. The van der Waals surface area contributed by atoms with E-state index in [2.05, 4.69) is 0 Å². The third kappa shape index (κ3) is 7.47. The minimum Gasteiger partial charge on any atom is -0.461 e. The SMILES string of the molecule is CC(C)(C)OC(=O)C[C@@H](CC(=O)ON1C(=O)CCC1O)C(=O)OCc1ccccc1. The Hall–Kier alpha value is -2.94. The highest BCUT2D eigenvalue weighted by molar-refractivity contribution is 5.85. The van der Waals surface area contributed by atoms with E-state index < -0.39 is 54.4 Å². The summed E-state index contributed by atoms with van der Waals surface area (Å²) in [6.07, 6.45) is -1.93. The average Bonchev–Trinajstić information content (AvgIpc) is 2.97. The van der Waals surface area contributed by atoms with E-state index >= 15 is 0 Å². The van der Waals surface area contributed by atoms with Crippen molar-refractivity contribution in [3.8, 4) is 0 Å². The first-order valence-electron chi connectivity index (χ1n) is 9.68. The molecule has 1 N–H and O–H groups in total. The first kappa shape index (κ1) is 23.3. The van der Waals surface area contributed by atoms with Gasteiger partial charge in [0.25, 0.3) is 5.91 Å². The van der Waals surface area contributed by atoms with Crippen molar-refractivity contribution in [1.29, 1.82) is 0 Å². The molecule has 0 spiro atoms. The molecule has 2 atom stereocenters. The summed E-state index contributed by atoms with van der Waals surface area (Å²) in [5.74, 6) is -4.07. The Bertz CT molecular complexity index is 771. The fourth-order valence-electron chi connectivity index (χ4n) is 2.78. The molecule has 30 heavy (non-hydrogen) atoms. The summed E-state index contributed by atoms with van der Waals surface area (Å²) in [6, 6.07) is 8.93. The number of hydrogen-bond acceptors (Lipinski definition) is 8. The second-order valence-electron chi connectivity index (χ2n) is 7.99. The van der Waals surface area contributed by atoms with E-state index in [9.17, 15) is 24.3 Å². The minimum absolute atomic E-state index is 0.0249. The fourth-order valence-corrected chi connectivity index (χ4v) is 2.78. The molecule has 1 aromatic carbocycles. The second kappa shape index (κ2) is 10.2. The number of carbonyl (C=O) groups excluding carboxylic acids is 4. The van der Waals surface area contributed by atoms with Crippen LogP contribution in [0.3, 0.4) is 0 Å². The maximum atomic E-state index is 12.6. The van der Waals surface area contributed by atoms with Crippen molar-refractivity contribution in [1.82, 2.24) is 5.06 Å². The molecular weight excluding hydrogens is 394 g/mol. The predicted molar refractivity (Wildman–Crippen MR) is 103 cm³/mol. The first-order valence-corrected chi connectivity index (χ1v) is 9.68. The highest BCUT2D eigenvalue weighted by Crippen LogP contribution is 2.21. The van der Waals surface area contributed by atoms with Crippen molar-refractivity contribution in [2.75, 3.05) is 0 Å². The molecule has 9 nitrogen and oxygen atoms in total. The molecule has 2 rings (SSSR count). The van der Waals surface area contributed by atoms with Crippen LogP contribution in [0.15, 0.2) is 30.3 Å². The second-order valence-corrected chi connectivity index (χ2v) is 7.99. The van der Waals surface area contributed by atoms with E-state index in [4.69, 9.17) is 14.3 Å². The molecule has 1 saturated heterocycles. The largest absolute Gasteiger partial charge is 0.461 e. The lowest BCUT2D eigenvalue weighted by molar-refractivity contribution is -0.221. The van der Waals surface area contributed by atoms with Gasteiger partial charge in [0, 0.05) is 12.8 Å². The number of aliphatic hydroxyl groups excluding tert-OH is 1. The Balaban J connectivity index is 2.01. The molecule has 1 heterocycles. The Kier molecular flexibility index (Phi) is 7.93. The summed E-state index contributed by atoms with van der Waals surface area (Å²) in [4.78, 5) is 53.6. The van der Waals surface area contributed by atoms with E-state index in [1.165, 1.54) is 0 Å². The summed E-state index contributed by atoms with van der Waals surface area (Å²) in [5.41, 5.74) is -0.0162. The minimum atomic E-state index is -1.23. The molecule has 1 aliphatic rings. The van der Waals surface area contributed by atoms with Crippen LogP contribution in [-0.2, 0) is 40.1 Å². The molecule has 1 aliphatic heterocycles. The first-order chi connectivity index (χ1) is 14.0. The Morgan fingerprint density at radius 2 is 1.77 bits per heavy atom. The van der Waals surface area contributed by atoms with Gasteiger partial charge in [0.1, 0.15) is 12.2 Å². The molecule has 0 radical (unpaired) electrons. The van der Waals surface area contributed by atoms with Crippen molar-refractivity contribution >= 4 is 23.8 Å². The molecule has 1 unspecified atom stereocenters. The third-order valence-electron chi connectivity index (χ3n) is 4.14. The van der Waals surface area contributed by atoms with Gasteiger partial charge in [-0.05, 0) is 26.3 Å². The van der Waals surface area contributed by atoms with Gasteiger partial charge < -0.3 is 19.4 Å². The molecule has 0 bridgehead atoms. The number of aliphatic hydroxyl groups is 1. The van der Waals surface area contributed by atoms with Gasteiger partial charge in [-0.15, -0.1) is 5.06 Å². The van der Waals surface area contributed by atoms with E-state index in [0.29, 0.717) is 5.06 Å². The number of benzene rings is 1. The maximum absolute atomic E-state index is 12.6. The van der Waals surface area contributed by atoms with Gasteiger partial charge in [-0.1, -0.05) is 30.3 Å². The van der Waals surface area contributed by atoms with Gasteiger partial charge >= 0.3 is 17.9 Å². The highest BCUT2D eigenvalue weighted by Gasteiger charge is 2.35. The van der Waals surface area contributed by atoms with Gasteiger partial charge in [-0.2, -0.15) is 0 Å². The number of rotatable bonds is 8. The Labute approximate surface area is 174 Å². The quantitative estimate of drug-likeness (QED) is 0.632. The lowest BCUT2D eigenvalue weighted by Crippen LogP contribution is -2.36. The number of hydrogen-bond donors (Lipinski definition) is 1. The van der Waals surface area contributed by atoms with Crippen molar-refractivity contribution in [3.63, 3.8) is 0 Å². The van der Waals surface area contributed by atoms with Gasteiger partial charge in [0.15, 0.2) is 6.23 Å². The number of hydroxylamine groups is 2. The maximum Gasteiger partial charge on any atom is 0.333 e. The van der Waals surface area contributed by atoms with Gasteiger partial charge in [0.05, 0.1) is 18.8 Å². The monoisotopic (exact) mass is 421 g/mol. The number of amides is 1. The van der Waals surface area contributed by atoms with E-state index in [-0.39, 0.29) is 19.4 Å². The summed E-state index contributed by atoms with van der Waals surface area (Å²) < 4.78 is 10.5. The van der Waals surface area contributed by atoms with Crippen LogP contribution < -0.4 is 0 Å². The molecular formula is C21H27NO8. The van der Waals surface area contributed by atoms with Crippen LogP contribution in [-0.4, -0.2) is 45.8 Å². The molecule has 0 aromatic heterocycles. The number of esters is 2. The van der Waals surface area contributed by atoms with Crippen LogP contribution in [0.5, 0.6) is 0 Å². The van der Waals surface area contributed by atoms with Crippen molar-refractivity contribution in [3.05, 3.63) is 35.9 Å². The van der Waals surface area contributed by atoms with Crippen molar-refractivity contribution in [2.45, 2.75) is 64.9 Å². The van der Waals surface area contributed by atoms with Gasteiger partial charge in [0.2, 0.25) is 0 Å². The van der Waals surface area contributed by atoms with Crippen molar-refractivity contribution in [2.24, 2.45) is 5.92 Å². The fraction of sp³-hybridized carbons (Fsp3) is 0.524. The van der Waals surface area contributed by atoms with Crippen molar-refractivity contribution < 1.29 is 38.6 Å². The lowest BCUT2D eigenvalue weighted by Gasteiger charge is -2.22. The Morgan fingerprint density at radius 1 is 1.13 bits per heavy atom. The summed E-state index contributed by atoms with van der Waals surface area (Å²) in [5, 5.41) is 10.3. The third-order valence-corrected chi connectivity index (χ3v) is 4.14. The molecule has 164 valence electrons. The molecule has 9 heteroatoms. The zero-order valence-corrected chi connectivity index (χ0v) is 17.3. The standard InChI is InChI=1S/C21H27NO8/c1-21(2,3)29-18(25)11-15(20(27)28-13-14-7-5-4-6-8-14)12-19(26)30-22-16(23)9-10-17(22)24/h4-8,15-16,23H,9-13H2,1-3H3/t15-,16?/m0/s1. The Morgan fingerprint density at radius 3 is 2.33 bits per heavy atom. The average molecular weight is 421 g/mol. The van der Waals surface area contributed by atoms with E-state index in [0.717, 1.165) is 5.56 Å². The van der Waals surface area contributed by atoms with Gasteiger partial charge in [-0.25, -0.2) is 4.79 Å².